The largest absolute Gasteiger partial charge is 0.497 e. The zero-order chi connectivity index (χ0) is 13.5. The van der Waals surface area contributed by atoms with E-state index in [0.29, 0.717) is 23.7 Å². The Kier molecular flexibility index (Phi) is 5.00. The molecule has 0 aliphatic rings. The lowest BCUT2D eigenvalue weighted by molar-refractivity contribution is -0.150. The Morgan fingerprint density at radius 1 is 1.39 bits per heavy atom. The van der Waals surface area contributed by atoms with Crippen molar-refractivity contribution in [2.45, 2.75) is 20.0 Å². The molecule has 5 nitrogen and oxygen atoms in total. The van der Waals surface area contributed by atoms with Crippen molar-refractivity contribution >= 4 is 5.97 Å². The fraction of sp³-hybridized carbons (Fsp3) is 0.385. The maximum atomic E-state index is 11.4. The first-order valence-electron chi connectivity index (χ1n) is 5.53. The van der Waals surface area contributed by atoms with Crippen LogP contribution < -0.4 is 9.47 Å². The van der Waals surface area contributed by atoms with Crippen LogP contribution in [0.5, 0.6) is 11.5 Å². The molecule has 0 amide bonds. The number of carbonyl (C=O) groups excluding carboxylic acids is 1. The molecule has 0 fully saturated rings. The number of carbonyl (C=O) groups is 1. The monoisotopic (exact) mass is 249 g/mol. The lowest BCUT2D eigenvalue weighted by Gasteiger charge is -2.14. The number of hydrogen-bond acceptors (Lipinski definition) is 5. The number of nitrogens with zero attached hydrogens (tertiary/aromatic N) is 1. The summed E-state index contributed by atoms with van der Waals surface area (Å²) in [4.78, 5) is 11.4. The number of esters is 1. The first-order valence-corrected chi connectivity index (χ1v) is 5.53. The van der Waals surface area contributed by atoms with Gasteiger partial charge >= 0.3 is 5.97 Å². The van der Waals surface area contributed by atoms with Gasteiger partial charge in [0.15, 0.2) is 6.10 Å². The number of rotatable bonds is 5. The predicted molar refractivity (Wildman–Crippen MR) is 64.4 cm³/mol. The van der Waals surface area contributed by atoms with Gasteiger partial charge in [-0.25, -0.2) is 4.79 Å². The summed E-state index contributed by atoms with van der Waals surface area (Å²) >= 11 is 0. The van der Waals surface area contributed by atoms with Crippen molar-refractivity contribution in [2.24, 2.45) is 0 Å². The minimum absolute atomic E-state index is 0.300. The topological polar surface area (TPSA) is 68.5 Å². The highest BCUT2D eigenvalue weighted by Gasteiger charge is 2.16. The summed E-state index contributed by atoms with van der Waals surface area (Å²) in [5.74, 6) is 0.449. The molecule has 0 heterocycles. The summed E-state index contributed by atoms with van der Waals surface area (Å²) in [6, 6.07) is 6.73. The molecule has 0 spiro atoms. The highest BCUT2D eigenvalue weighted by Crippen LogP contribution is 2.23. The predicted octanol–water partition coefficient (Wildman–Crippen LogP) is 1.90. The number of ether oxygens (including phenoxy) is 3. The van der Waals surface area contributed by atoms with Gasteiger partial charge in [0.1, 0.15) is 11.5 Å². The SMILES string of the molecule is CCOC(=O)C(C)Oc1cc(C#N)cc(OC)c1. The Bertz CT molecular complexity index is 465. The molecule has 1 atom stereocenters. The molecule has 0 radical (unpaired) electrons. The fourth-order valence-electron chi connectivity index (χ4n) is 1.33. The van der Waals surface area contributed by atoms with Gasteiger partial charge in [0.2, 0.25) is 0 Å². The van der Waals surface area contributed by atoms with E-state index in [2.05, 4.69) is 0 Å². The Hall–Kier alpha value is -2.22. The third kappa shape index (κ3) is 3.67. The van der Waals surface area contributed by atoms with Crippen LogP contribution in [0, 0.1) is 11.3 Å². The summed E-state index contributed by atoms with van der Waals surface area (Å²) in [5.41, 5.74) is 0.403. The maximum absolute atomic E-state index is 11.4. The summed E-state index contributed by atoms with van der Waals surface area (Å²) in [6.07, 6.45) is -0.733. The first-order chi connectivity index (χ1) is 8.60. The molecule has 0 bridgehead atoms. The second kappa shape index (κ2) is 6.50. The van der Waals surface area contributed by atoms with Crippen LogP contribution in [0.15, 0.2) is 18.2 Å². The van der Waals surface area contributed by atoms with Gasteiger partial charge < -0.3 is 14.2 Å². The van der Waals surface area contributed by atoms with E-state index in [1.807, 2.05) is 6.07 Å². The standard InChI is InChI=1S/C13H15NO4/c1-4-17-13(15)9(2)18-12-6-10(8-14)5-11(7-12)16-3/h5-7,9H,4H2,1-3H3. The van der Waals surface area contributed by atoms with E-state index in [9.17, 15) is 4.79 Å². The van der Waals surface area contributed by atoms with Crippen LogP contribution in [0.1, 0.15) is 19.4 Å². The van der Waals surface area contributed by atoms with Crippen molar-refractivity contribution in [1.29, 1.82) is 5.26 Å². The van der Waals surface area contributed by atoms with Crippen molar-refractivity contribution in [3.63, 3.8) is 0 Å². The third-order valence-electron chi connectivity index (χ3n) is 2.18. The molecular weight excluding hydrogens is 234 g/mol. The van der Waals surface area contributed by atoms with Crippen LogP contribution >= 0.6 is 0 Å². The second-order valence-electron chi connectivity index (χ2n) is 3.52. The molecule has 1 unspecified atom stereocenters. The summed E-state index contributed by atoms with van der Waals surface area (Å²) in [7, 11) is 1.50. The zero-order valence-electron chi connectivity index (χ0n) is 10.6. The van der Waals surface area contributed by atoms with Crippen LogP contribution in [-0.2, 0) is 9.53 Å². The maximum Gasteiger partial charge on any atom is 0.347 e. The quantitative estimate of drug-likeness (QED) is 0.745. The molecule has 18 heavy (non-hydrogen) atoms. The van der Waals surface area contributed by atoms with E-state index >= 15 is 0 Å². The minimum Gasteiger partial charge on any atom is -0.497 e. The van der Waals surface area contributed by atoms with Gasteiger partial charge in [-0.1, -0.05) is 0 Å². The van der Waals surface area contributed by atoms with Crippen molar-refractivity contribution < 1.29 is 19.0 Å². The zero-order valence-corrected chi connectivity index (χ0v) is 10.6. The molecule has 0 saturated heterocycles. The molecule has 0 N–H and O–H groups in total. The summed E-state index contributed by atoms with van der Waals surface area (Å²) < 4.78 is 15.3. The highest BCUT2D eigenvalue weighted by atomic mass is 16.6. The Morgan fingerprint density at radius 3 is 2.61 bits per heavy atom. The first kappa shape index (κ1) is 13.8. The van der Waals surface area contributed by atoms with Crippen molar-refractivity contribution in [2.75, 3.05) is 13.7 Å². The molecule has 5 heteroatoms. The van der Waals surface area contributed by atoms with Crippen LogP contribution in [0.2, 0.25) is 0 Å². The molecule has 1 rings (SSSR count). The lowest BCUT2D eigenvalue weighted by atomic mass is 10.2. The second-order valence-corrected chi connectivity index (χ2v) is 3.52. The van der Waals surface area contributed by atoms with E-state index < -0.39 is 12.1 Å². The highest BCUT2D eigenvalue weighted by molar-refractivity contribution is 5.74. The molecule has 0 aliphatic carbocycles. The van der Waals surface area contributed by atoms with Crippen molar-refractivity contribution in [3.05, 3.63) is 23.8 Å². The minimum atomic E-state index is -0.733. The summed E-state index contributed by atoms with van der Waals surface area (Å²) in [6.45, 7) is 3.61. The van der Waals surface area contributed by atoms with Gasteiger partial charge in [-0.05, 0) is 26.0 Å². The molecule has 0 aliphatic heterocycles. The van der Waals surface area contributed by atoms with E-state index in [-0.39, 0.29) is 0 Å². The molecule has 1 aromatic carbocycles. The normalized spacial score (nSPS) is 11.2. The van der Waals surface area contributed by atoms with Crippen LogP contribution in [0.25, 0.3) is 0 Å². The Balaban J connectivity index is 2.84. The fourth-order valence-corrected chi connectivity index (χ4v) is 1.33. The van der Waals surface area contributed by atoms with Crippen LogP contribution in [-0.4, -0.2) is 25.8 Å². The van der Waals surface area contributed by atoms with Gasteiger partial charge in [-0.15, -0.1) is 0 Å². The smallest absolute Gasteiger partial charge is 0.347 e. The van der Waals surface area contributed by atoms with Crippen LogP contribution in [0.3, 0.4) is 0 Å². The van der Waals surface area contributed by atoms with Crippen molar-refractivity contribution in [3.8, 4) is 17.6 Å². The van der Waals surface area contributed by atoms with E-state index in [1.165, 1.54) is 13.2 Å². The Labute approximate surface area is 106 Å². The van der Waals surface area contributed by atoms with E-state index in [4.69, 9.17) is 19.5 Å². The van der Waals surface area contributed by atoms with E-state index in [0.717, 1.165) is 0 Å². The molecule has 96 valence electrons. The van der Waals surface area contributed by atoms with Crippen molar-refractivity contribution in [1.82, 2.24) is 0 Å². The van der Waals surface area contributed by atoms with Gasteiger partial charge in [-0.3, -0.25) is 0 Å². The number of methoxy groups -OCH3 is 1. The van der Waals surface area contributed by atoms with Gasteiger partial charge in [0, 0.05) is 6.07 Å². The molecule has 1 aromatic rings. The van der Waals surface area contributed by atoms with Gasteiger partial charge in [0.25, 0.3) is 0 Å². The van der Waals surface area contributed by atoms with Crippen LogP contribution in [0.4, 0.5) is 0 Å². The number of hydrogen-bond donors (Lipinski definition) is 0. The number of benzene rings is 1. The number of nitriles is 1. The summed E-state index contributed by atoms with van der Waals surface area (Å²) in [5, 5.41) is 8.86. The average molecular weight is 249 g/mol. The van der Waals surface area contributed by atoms with Gasteiger partial charge in [0.05, 0.1) is 25.3 Å². The molecule has 0 saturated carbocycles. The Morgan fingerprint density at radius 2 is 2.06 bits per heavy atom. The van der Waals surface area contributed by atoms with E-state index in [1.54, 1.807) is 26.0 Å². The average Bonchev–Trinajstić information content (AvgIpc) is 2.38. The molecule has 0 aromatic heterocycles. The van der Waals surface area contributed by atoms with Gasteiger partial charge in [-0.2, -0.15) is 5.26 Å². The molecular formula is C13H15NO4. The lowest BCUT2D eigenvalue weighted by Crippen LogP contribution is -2.26. The third-order valence-corrected chi connectivity index (χ3v) is 2.18.